The molecule has 0 unspecified atom stereocenters. The number of aliphatic hydroxyl groups is 1. The molecule has 68 valence electrons. The predicted molar refractivity (Wildman–Crippen MR) is 48.7 cm³/mol. The second kappa shape index (κ2) is 5.56. The Morgan fingerprint density at radius 3 is 1.82 bits per heavy atom. The molecule has 1 N–H and O–H groups in total. The van der Waals surface area contributed by atoms with E-state index in [9.17, 15) is 0 Å². The zero-order valence-corrected chi connectivity index (χ0v) is 8.17. The van der Waals surface area contributed by atoms with Gasteiger partial charge in [-0.25, -0.2) is 0 Å². The molecule has 0 rings (SSSR count). The molecule has 0 radical (unpaired) electrons. The Bertz CT molecular complexity index is 83.6. The van der Waals surface area contributed by atoms with E-state index < -0.39 is 0 Å². The van der Waals surface area contributed by atoms with Gasteiger partial charge in [0.1, 0.15) is 0 Å². The summed E-state index contributed by atoms with van der Waals surface area (Å²) in [4.78, 5) is 2.39. The largest absolute Gasteiger partial charge is 0.396 e. The highest BCUT2D eigenvalue weighted by molar-refractivity contribution is 4.66. The first-order valence-electron chi connectivity index (χ1n) is 4.46. The molecular formula is C9H21NO. The Hall–Kier alpha value is -0.0800. The van der Waals surface area contributed by atoms with Crippen molar-refractivity contribution in [3.63, 3.8) is 0 Å². The summed E-state index contributed by atoms with van der Waals surface area (Å²) in [7, 11) is 0. The number of nitrogens with zero attached hydrogens (tertiary/aromatic N) is 1. The third-order valence-corrected chi connectivity index (χ3v) is 1.90. The number of hydrogen-bond acceptors (Lipinski definition) is 2. The van der Waals surface area contributed by atoms with Gasteiger partial charge in [0.15, 0.2) is 0 Å². The zero-order chi connectivity index (χ0) is 8.85. The number of aliphatic hydroxyl groups excluding tert-OH is 1. The van der Waals surface area contributed by atoms with Crippen molar-refractivity contribution in [1.82, 2.24) is 4.90 Å². The van der Waals surface area contributed by atoms with E-state index in [1.54, 1.807) is 0 Å². The fourth-order valence-electron chi connectivity index (χ4n) is 1.37. The summed E-state index contributed by atoms with van der Waals surface area (Å²) in [6, 6.07) is 1.17. The Labute approximate surface area is 70.2 Å². The molecule has 0 aliphatic rings. The van der Waals surface area contributed by atoms with Crippen LogP contribution in [0.5, 0.6) is 0 Å². The van der Waals surface area contributed by atoms with E-state index in [-0.39, 0.29) is 0 Å². The standard InChI is InChI=1S/C9H21NO/c1-8(2)10(9(3)4)6-5-7-11/h8-9,11H,5-7H2,1-4H3. The third-order valence-electron chi connectivity index (χ3n) is 1.90. The van der Waals surface area contributed by atoms with Crippen LogP contribution >= 0.6 is 0 Å². The van der Waals surface area contributed by atoms with Crippen molar-refractivity contribution in [3.8, 4) is 0 Å². The van der Waals surface area contributed by atoms with Crippen LogP contribution < -0.4 is 0 Å². The Balaban J connectivity index is 3.70. The van der Waals surface area contributed by atoms with Gasteiger partial charge in [-0.15, -0.1) is 0 Å². The minimum absolute atomic E-state index is 0.302. The SMILES string of the molecule is CC(C)N(CCCO)C(C)C. The third kappa shape index (κ3) is 4.38. The molecule has 0 amide bonds. The summed E-state index contributed by atoms with van der Waals surface area (Å²) < 4.78 is 0. The van der Waals surface area contributed by atoms with E-state index in [0.717, 1.165) is 13.0 Å². The van der Waals surface area contributed by atoms with Gasteiger partial charge in [0.25, 0.3) is 0 Å². The molecule has 0 aromatic rings. The monoisotopic (exact) mass is 159 g/mol. The van der Waals surface area contributed by atoms with Crippen LogP contribution in [-0.4, -0.2) is 35.2 Å². The normalized spacial score (nSPS) is 12.0. The number of hydrogen-bond donors (Lipinski definition) is 1. The smallest absolute Gasteiger partial charge is 0.0443 e. The Kier molecular flexibility index (Phi) is 5.51. The molecule has 0 saturated carbocycles. The predicted octanol–water partition coefficient (Wildman–Crippen LogP) is 1.49. The molecule has 0 saturated heterocycles. The van der Waals surface area contributed by atoms with Crippen LogP contribution in [0.25, 0.3) is 0 Å². The van der Waals surface area contributed by atoms with Gasteiger partial charge in [-0.1, -0.05) is 0 Å². The van der Waals surface area contributed by atoms with Gasteiger partial charge < -0.3 is 5.11 Å². The molecule has 0 aromatic heterocycles. The topological polar surface area (TPSA) is 23.5 Å². The molecule has 0 aromatic carbocycles. The van der Waals surface area contributed by atoms with Gasteiger partial charge >= 0.3 is 0 Å². The molecule has 0 atom stereocenters. The summed E-state index contributed by atoms with van der Waals surface area (Å²) in [6.07, 6.45) is 0.885. The maximum absolute atomic E-state index is 8.65. The Morgan fingerprint density at radius 1 is 1.09 bits per heavy atom. The first-order chi connectivity index (χ1) is 5.09. The highest BCUT2D eigenvalue weighted by Gasteiger charge is 2.11. The van der Waals surface area contributed by atoms with Crippen molar-refractivity contribution in [1.29, 1.82) is 0 Å². The number of rotatable bonds is 5. The van der Waals surface area contributed by atoms with E-state index in [2.05, 4.69) is 32.6 Å². The lowest BCUT2D eigenvalue weighted by Gasteiger charge is -2.30. The van der Waals surface area contributed by atoms with Crippen molar-refractivity contribution in [2.75, 3.05) is 13.2 Å². The van der Waals surface area contributed by atoms with Crippen molar-refractivity contribution in [3.05, 3.63) is 0 Å². The first kappa shape index (κ1) is 10.9. The van der Waals surface area contributed by atoms with Crippen LogP contribution in [0.4, 0.5) is 0 Å². The van der Waals surface area contributed by atoms with Gasteiger partial charge in [-0.2, -0.15) is 0 Å². The molecule has 2 heteroatoms. The molecule has 0 fully saturated rings. The van der Waals surface area contributed by atoms with E-state index >= 15 is 0 Å². The van der Waals surface area contributed by atoms with Crippen LogP contribution in [-0.2, 0) is 0 Å². The molecular weight excluding hydrogens is 138 g/mol. The molecule has 2 nitrogen and oxygen atoms in total. The Morgan fingerprint density at radius 2 is 1.55 bits per heavy atom. The van der Waals surface area contributed by atoms with Gasteiger partial charge in [-0.05, 0) is 34.1 Å². The summed E-state index contributed by atoms with van der Waals surface area (Å²) in [5, 5.41) is 8.65. The van der Waals surface area contributed by atoms with Gasteiger partial charge in [0.2, 0.25) is 0 Å². The van der Waals surface area contributed by atoms with Gasteiger partial charge in [0, 0.05) is 25.2 Å². The van der Waals surface area contributed by atoms with Crippen LogP contribution in [0.1, 0.15) is 34.1 Å². The fourth-order valence-corrected chi connectivity index (χ4v) is 1.37. The molecule has 0 spiro atoms. The van der Waals surface area contributed by atoms with Crippen LogP contribution in [0.3, 0.4) is 0 Å². The lowest BCUT2D eigenvalue weighted by Crippen LogP contribution is -2.37. The van der Waals surface area contributed by atoms with E-state index in [1.165, 1.54) is 0 Å². The van der Waals surface area contributed by atoms with Crippen molar-refractivity contribution >= 4 is 0 Å². The average Bonchev–Trinajstić information content (AvgIpc) is 1.87. The van der Waals surface area contributed by atoms with Crippen molar-refractivity contribution in [2.45, 2.75) is 46.2 Å². The van der Waals surface area contributed by atoms with Gasteiger partial charge in [-0.3, -0.25) is 4.90 Å². The van der Waals surface area contributed by atoms with Crippen LogP contribution in [0, 0.1) is 0 Å². The maximum Gasteiger partial charge on any atom is 0.0443 e. The molecule has 0 aliphatic carbocycles. The van der Waals surface area contributed by atoms with Gasteiger partial charge in [0.05, 0.1) is 0 Å². The molecule has 11 heavy (non-hydrogen) atoms. The molecule has 0 heterocycles. The summed E-state index contributed by atoms with van der Waals surface area (Å²) >= 11 is 0. The lowest BCUT2D eigenvalue weighted by molar-refractivity contribution is 0.156. The van der Waals surface area contributed by atoms with Crippen LogP contribution in [0.2, 0.25) is 0 Å². The van der Waals surface area contributed by atoms with Crippen LogP contribution in [0.15, 0.2) is 0 Å². The molecule has 0 bridgehead atoms. The van der Waals surface area contributed by atoms with E-state index in [1.807, 2.05) is 0 Å². The highest BCUT2D eigenvalue weighted by atomic mass is 16.3. The summed E-state index contributed by atoms with van der Waals surface area (Å²) in [5.41, 5.74) is 0. The zero-order valence-electron chi connectivity index (χ0n) is 8.17. The minimum Gasteiger partial charge on any atom is -0.396 e. The van der Waals surface area contributed by atoms with E-state index in [0.29, 0.717) is 18.7 Å². The quantitative estimate of drug-likeness (QED) is 0.657. The maximum atomic E-state index is 8.65. The lowest BCUT2D eigenvalue weighted by atomic mass is 10.2. The van der Waals surface area contributed by atoms with E-state index in [4.69, 9.17) is 5.11 Å². The van der Waals surface area contributed by atoms with Crippen molar-refractivity contribution < 1.29 is 5.11 Å². The second-order valence-electron chi connectivity index (χ2n) is 3.50. The molecule has 0 aliphatic heterocycles. The summed E-state index contributed by atoms with van der Waals surface area (Å²) in [5.74, 6) is 0. The second-order valence-corrected chi connectivity index (χ2v) is 3.50. The minimum atomic E-state index is 0.302. The first-order valence-corrected chi connectivity index (χ1v) is 4.46. The highest BCUT2D eigenvalue weighted by Crippen LogP contribution is 2.04. The average molecular weight is 159 g/mol. The summed E-state index contributed by atoms with van der Waals surface area (Å²) in [6.45, 7) is 10.1. The fraction of sp³-hybridized carbons (Fsp3) is 1.00. The van der Waals surface area contributed by atoms with Crippen molar-refractivity contribution in [2.24, 2.45) is 0 Å².